The van der Waals surface area contributed by atoms with Gasteiger partial charge in [0.1, 0.15) is 0 Å². The molecule has 24 heavy (non-hydrogen) atoms. The highest BCUT2D eigenvalue weighted by Gasteiger charge is 2.13. The third-order valence-corrected chi connectivity index (χ3v) is 3.89. The first-order valence-electron chi connectivity index (χ1n) is 8.16. The summed E-state index contributed by atoms with van der Waals surface area (Å²) in [5.41, 5.74) is 5.89. The van der Waals surface area contributed by atoms with E-state index in [-0.39, 0.29) is 12.5 Å². The quantitative estimate of drug-likeness (QED) is 0.808. The molecule has 130 valence electrons. The Labute approximate surface area is 142 Å². The third-order valence-electron chi connectivity index (χ3n) is 3.89. The van der Waals surface area contributed by atoms with Crippen molar-refractivity contribution >= 4 is 17.9 Å². The number of primary amides is 1. The Hall–Kier alpha value is -2.50. The minimum absolute atomic E-state index is 0.0323. The van der Waals surface area contributed by atoms with E-state index < -0.39 is 5.91 Å². The highest BCUT2D eigenvalue weighted by molar-refractivity contribution is 5.91. The molecule has 6 nitrogen and oxygen atoms in total. The van der Waals surface area contributed by atoms with Crippen LogP contribution in [0.4, 0.5) is 0 Å². The second-order valence-corrected chi connectivity index (χ2v) is 5.74. The van der Waals surface area contributed by atoms with Crippen LogP contribution >= 0.6 is 0 Å². The summed E-state index contributed by atoms with van der Waals surface area (Å²) in [6.45, 7) is 1.44. The monoisotopic (exact) mass is 332 g/mol. The zero-order valence-corrected chi connectivity index (χ0v) is 14.0. The van der Waals surface area contributed by atoms with Crippen LogP contribution in [-0.4, -0.2) is 43.5 Å². The van der Waals surface area contributed by atoms with Gasteiger partial charge in [-0.25, -0.2) is 0 Å². The zero-order valence-electron chi connectivity index (χ0n) is 14.0. The first-order valence-corrected chi connectivity index (χ1v) is 8.16. The Kier molecular flexibility index (Phi) is 6.66. The summed E-state index contributed by atoms with van der Waals surface area (Å²) in [6, 6.07) is 5.24. The zero-order chi connectivity index (χ0) is 17.4. The molecule has 6 heteroatoms. The van der Waals surface area contributed by atoms with E-state index in [1.807, 2.05) is 4.90 Å². The molecule has 2 rings (SSSR count). The van der Waals surface area contributed by atoms with E-state index in [1.165, 1.54) is 20.0 Å². The van der Waals surface area contributed by atoms with Crippen molar-refractivity contribution < 1.29 is 19.1 Å². The molecular formula is C18H24N2O4. The summed E-state index contributed by atoms with van der Waals surface area (Å²) in [7, 11) is 1.52. The van der Waals surface area contributed by atoms with Crippen LogP contribution in [0, 0.1) is 0 Å². The van der Waals surface area contributed by atoms with Gasteiger partial charge in [0.2, 0.25) is 5.91 Å². The molecule has 2 amide bonds. The summed E-state index contributed by atoms with van der Waals surface area (Å²) in [5, 5.41) is 0. The summed E-state index contributed by atoms with van der Waals surface area (Å²) in [6.07, 6.45) is 7.87. The SMILES string of the molecule is COc1cc(/C=C\C(=O)N2CCCCCC2)ccc1OCC(N)=O. The summed E-state index contributed by atoms with van der Waals surface area (Å²) in [5.74, 6) is 0.405. The van der Waals surface area contributed by atoms with Gasteiger partial charge in [0.05, 0.1) is 7.11 Å². The van der Waals surface area contributed by atoms with E-state index in [4.69, 9.17) is 15.2 Å². The summed E-state index contributed by atoms with van der Waals surface area (Å²) < 4.78 is 10.5. The van der Waals surface area contributed by atoms with Gasteiger partial charge < -0.3 is 20.1 Å². The van der Waals surface area contributed by atoms with Gasteiger partial charge in [-0.2, -0.15) is 0 Å². The van der Waals surface area contributed by atoms with Gasteiger partial charge in [-0.1, -0.05) is 18.9 Å². The number of ether oxygens (including phenoxy) is 2. The number of hydrogen-bond acceptors (Lipinski definition) is 4. The van der Waals surface area contributed by atoms with E-state index in [0.717, 1.165) is 31.5 Å². The average molecular weight is 332 g/mol. The number of amides is 2. The standard InChI is InChI=1S/C18H24N2O4/c1-23-16-12-14(6-8-15(16)24-13-17(19)21)7-9-18(22)20-10-4-2-3-5-11-20/h6-9,12H,2-5,10-11,13H2,1H3,(H2,19,21)/b9-7-. The maximum absolute atomic E-state index is 12.3. The topological polar surface area (TPSA) is 81.9 Å². The fraction of sp³-hybridized carbons (Fsp3) is 0.444. The van der Waals surface area contributed by atoms with Crippen LogP contribution < -0.4 is 15.2 Å². The number of likely N-dealkylation sites (tertiary alicyclic amines) is 1. The average Bonchev–Trinajstić information content (AvgIpc) is 2.87. The molecule has 1 aromatic carbocycles. The van der Waals surface area contributed by atoms with Crippen molar-refractivity contribution in [2.24, 2.45) is 5.73 Å². The Morgan fingerprint density at radius 2 is 1.88 bits per heavy atom. The van der Waals surface area contributed by atoms with Gasteiger partial charge >= 0.3 is 0 Å². The Morgan fingerprint density at radius 1 is 1.17 bits per heavy atom. The molecule has 0 radical (unpaired) electrons. The number of carbonyl (C=O) groups excluding carboxylic acids is 2. The van der Waals surface area contributed by atoms with Gasteiger partial charge in [0, 0.05) is 19.2 Å². The number of rotatable bonds is 6. The molecule has 0 aromatic heterocycles. The summed E-state index contributed by atoms with van der Waals surface area (Å²) in [4.78, 5) is 24.9. The second-order valence-electron chi connectivity index (χ2n) is 5.74. The Bertz CT molecular complexity index is 605. The lowest BCUT2D eigenvalue weighted by Gasteiger charge is -2.18. The van der Waals surface area contributed by atoms with Crippen LogP contribution in [0.25, 0.3) is 6.08 Å². The molecule has 1 aliphatic heterocycles. The molecule has 1 fully saturated rings. The normalized spacial score (nSPS) is 15.1. The van der Waals surface area contributed by atoms with Gasteiger partial charge in [-0.3, -0.25) is 9.59 Å². The molecule has 0 spiro atoms. The maximum Gasteiger partial charge on any atom is 0.255 e. The van der Waals surface area contributed by atoms with Crippen LogP contribution in [0.2, 0.25) is 0 Å². The molecule has 1 saturated heterocycles. The highest BCUT2D eigenvalue weighted by atomic mass is 16.5. The van der Waals surface area contributed by atoms with Crippen molar-refractivity contribution in [3.63, 3.8) is 0 Å². The van der Waals surface area contributed by atoms with Gasteiger partial charge in [0.25, 0.3) is 5.91 Å². The van der Waals surface area contributed by atoms with Gasteiger partial charge in [0.15, 0.2) is 18.1 Å². The number of carbonyl (C=O) groups is 2. The molecule has 1 aromatic rings. The van der Waals surface area contributed by atoms with Crippen molar-refractivity contribution in [1.29, 1.82) is 0 Å². The Balaban J connectivity index is 2.03. The second kappa shape index (κ2) is 8.96. The van der Waals surface area contributed by atoms with Gasteiger partial charge in [-0.15, -0.1) is 0 Å². The highest BCUT2D eigenvalue weighted by Crippen LogP contribution is 2.28. The predicted molar refractivity (Wildman–Crippen MR) is 91.8 cm³/mol. The lowest BCUT2D eigenvalue weighted by molar-refractivity contribution is -0.126. The largest absolute Gasteiger partial charge is 0.493 e. The van der Waals surface area contributed by atoms with E-state index >= 15 is 0 Å². The number of benzene rings is 1. The predicted octanol–water partition coefficient (Wildman–Crippen LogP) is 1.98. The van der Waals surface area contributed by atoms with Crippen molar-refractivity contribution in [3.05, 3.63) is 29.8 Å². The first-order chi connectivity index (χ1) is 11.6. The number of nitrogens with two attached hydrogens (primary N) is 1. The molecule has 0 atom stereocenters. The smallest absolute Gasteiger partial charge is 0.255 e. The molecular weight excluding hydrogens is 308 g/mol. The van der Waals surface area contributed by atoms with E-state index in [0.29, 0.717) is 11.5 Å². The molecule has 2 N–H and O–H groups in total. The fourth-order valence-corrected chi connectivity index (χ4v) is 2.62. The van der Waals surface area contributed by atoms with Crippen LogP contribution in [-0.2, 0) is 9.59 Å². The van der Waals surface area contributed by atoms with Crippen molar-refractivity contribution in [1.82, 2.24) is 4.90 Å². The van der Waals surface area contributed by atoms with Crippen LogP contribution in [0.1, 0.15) is 31.2 Å². The number of nitrogens with zero attached hydrogens (tertiary/aromatic N) is 1. The first kappa shape index (κ1) is 17.8. The molecule has 1 heterocycles. The van der Waals surface area contributed by atoms with E-state index in [9.17, 15) is 9.59 Å². The van der Waals surface area contributed by atoms with E-state index in [2.05, 4.69) is 0 Å². The lowest BCUT2D eigenvalue weighted by Crippen LogP contribution is -2.30. The van der Waals surface area contributed by atoms with Crippen LogP contribution in [0.5, 0.6) is 11.5 Å². The lowest BCUT2D eigenvalue weighted by atomic mass is 10.2. The molecule has 0 bridgehead atoms. The van der Waals surface area contributed by atoms with Crippen molar-refractivity contribution in [3.8, 4) is 11.5 Å². The van der Waals surface area contributed by atoms with Crippen molar-refractivity contribution in [2.75, 3.05) is 26.8 Å². The minimum Gasteiger partial charge on any atom is -0.493 e. The fourth-order valence-electron chi connectivity index (χ4n) is 2.62. The Morgan fingerprint density at radius 3 is 2.50 bits per heavy atom. The maximum atomic E-state index is 12.3. The third kappa shape index (κ3) is 5.30. The van der Waals surface area contributed by atoms with Crippen molar-refractivity contribution in [2.45, 2.75) is 25.7 Å². The van der Waals surface area contributed by atoms with E-state index in [1.54, 1.807) is 30.4 Å². The molecule has 0 unspecified atom stereocenters. The van der Waals surface area contributed by atoms with Crippen LogP contribution in [0.3, 0.4) is 0 Å². The molecule has 1 aliphatic rings. The summed E-state index contributed by atoms with van der Waals surface area (Å²) >= 11 is 0. The van der Waals surface area contributed by atoms with Crippen LogP contribution in [0.15, 0.2) is 24.3 Å². The molecule has 0 aliphatic carbocycles. The molecule has 0 saturated carbocycles. The van der Waals surface area contributed by atoms with Gasteiger partial charge in [-0.05, 0) is 36.6 Å². The number of methoxy groups -OCH3 is 1. The minimum atomic E-state index is -0.552. The number of hydrogen-bond donors (Lipinski definition) is 1.